The third-order valence-electron chi connectivity index (χ3n) is 2.45. The van der Waals surface area contributed by atoms with Crippen molar-refractivity contribution >= 4 is 11.9 Å². The first-order chi connectivity index (χ1) is 6.54. The molecule has 1 heterocycles. The molecule has 0 aromatic heterocycles. The Morgan fingerprint density at radius 3 is 2.86 bits per heavy atom. The number of amides is 1. The van der Waals surface area contributed by atoms with Crippen molar-refractivity contribution in [2.24, 2.45) is 10.8 Å². The van der Waals surface area contributed by atoms with E-state index in [0.29, 0.717) is 19.0 Å². The predicted octanol–water partition coefficient (Wildman–Crippen LogP) is -1.35. The van der Waals surface area contributed by atoms with Gasteiger partial charge in [-0.15, -0.1) is 0 Å². The Labute approximate surface area is 83.5 Å². The number of nitrogens with two attached hydrogens (primary N) is 1. The number of hydrazine groups is 1. The van der Waals surface area contributed by atoms with Gasteiger partial charge in [-0.25, -0.2) is 5.84 Å². The van der Waals surface area contributed by atoms with Crippen molar-refractivity contribution in [3.8, 4) is 0 Å². The molecule has 80 valence electrons. The van der Waals surface area contributed by atoms with Gasteiger partial charge >= 0.3 is 0 Å². The van der Waals surface area contributed by atoms with Crippen LogP contribution in [0.3, 0.4) is 0 Å². The van der Waals surface area contributed by atoms with E-state index in [-0.39, 0.29) is 5.91 Å². The van der Waals surface area contributed by atoms with Crippen molar-refractivity contribution in [1.82, 2.24) is 15.6 Å². The van der Waals surface area contributed by atoms with E-state index in [1.165, 1.54) is 0 Å². The van der Waals surface area contributed by atoms with Crippen LogP contribution < -0.4 is 16.6 Å². The number of aliphatic imine (C=N–C) groups is 1. The van der Waals surface area contributed by atoms with Crippen molar-refractivity contribution in [2.45, 2.75) is 19.4 Å². The molecule has 1 amide bonds. The zero-order valence-electron chi connectivity index (χ0n) is 8.79. The monoisotopic (exact) mass is 199 g/mol. The molecule has 0 unspecified atom stereocenters. The van der Waals surface area contributed by atoms with Gasteiger partial charge in [0.05, 0.1) is 0 Å². The fourth-order valence-electron chi connectivity index (χ4n) is 1.53. The lowest BCUT2D eigenvalue weighted by Crippen LogP contribution is -2.66. The molecular formula is C8H17N5O. The summed E-state index contributed by atoms with van der Waals surface area (Å²) in [4.78, 5) is 17.4. The summed E-state index contributed by atoms with van der Waals surface area (Å²) in [5, 5.41) is 2.80. The molecule has 1 saturated heterocycles. The number of carbonyl (C=O) groups is 1. The summed E-state index contributed by atoms with van der Waals surface area (Å²) in [7, 11) is 1.64. The van der Waals surface area contributed by atoms with E-state index in [2.05, 4.69) is 15.7 Å². The van der Waals surface area contributed by atoms with E-state index in [0.717, 1.165) is 0 Å². The number of carbonyl (C=O) groups excluding carboxylic acids is 1. The molecule has 0 aromatic rings. The maximum atomic E-state index is 11.6. The number of nitrogens with one attached hydrogen (secondary N) is 2. The Hall–Kier alpha value is -1.30. The molecule has 1 fully saturated rings. The lowest BCUT2D eigenvalue weighted by atomic mass is 9.99. The third kappa shape index (κ3) is 1.65. The minimum Gasteiger partial charge on any atom is -0.352 e. The van der Waals surface area contributed by atoms with Gasteiger partial charge in [0.2, 0.25) is 11.9 Å². The summed E-state index contributed by atoms with van der Waals surface area (Å²) in [6, 6.07) is 0. The van der Waals surface area contributed by atoms with Gasteiger partial charge in [0.1, 0.15) is 5.54 Å². The lowest BCUT2D eigenvalue weighted by molar-refractivity contribution is -0.132. The van der Waals surface area contributed by atoms with Crippen molar-refractivity contribution in [3.05, 3.63) is 0 Å². The summed E-state index contributed by atoms with van der Waals surface area (Å²) < 4.78 is 0. The number of guanidine groups is 1. The highest BCUT2D eigenvalue weighted by atomic mass is 16.2. The number of piperazine rings is 1. The van der Waals surface area contributed by atoms with Crippen molar-refractivity contribution in [1.29, 1.82) is 0 Å². The molecule has 0 atom stereocenters. The summed E-state index contributed by atoms with van der Waals surface area (Å²) in [6.45, 7) is 4.99. The Morgan fingerprint density at radius 2 is 2.36 bits per heavy atom. The average Bonchev–Trinajstić information content (AvgIpc) is 2.14. The SMILES string of the molecule is CN=C(NN)N1CCNC(=O)C1(C)C. The zero-order chi connectivity index (χ0) is 10.8. The molecule has 1 rings (SSSR count). The van der Waals surface area contributed by atoms with Gasteiger partial charge in [-0.05, 0) is 13.8 Å². The van der Waals surface area contributed by atoms with Gasteiger partial charge in [-0.2, -0.15) is 0 Å². The number of nitrogens with zero attached hydrogens (tertiary/aromatic N) is 2. The lowest BCUT2D eigenvalue weighted by Gasteiger charge is -2.42. The molecule has 0 radical (unpaired) electrons. The Morgan fingerprint density at radius 1 is 1.71 bits per heavy atom. The number of hydrogen-bond donors (Lipinski definition) is 3. The molecule has 14 heavy (non-hydrogen) atoms. The normalized spacial score (nSPS) is 21.9. The highest BCUT2D eigenvalue weighted by Crippen LogP contribution is 2.17. The van der Waals surface area contributed by atoms with Crippen molar-refractivity contribution in [3.63, 3.8) is 0 Å². The van der Waals surface area contributed by atoms with Gasteiger partial charge in [0.15, 0.2) is 0 Å². The highest BCUT2D eigenvalue weighted by molar-refractivity contribution is 5.92. The first-order valence-electron chi connectivity index (χ1n) is 4.53. The standard InChI is InChI=1S/C8H17N5O/c1-8(2)6(14)11-4-5-13(8)7(10-3)12-9/h4-5,9H2,1-3H3,(H,10,12)(H,11,14). The fourth-order valence-corrected chi connectivity index (χ4v) is 1.53. The first-order valence-corrected chi connectivity index (χ1v) is 4.53. The van der Waals surface area contributed by atoms with Crippen molar-refractivity contribution < 1.29 is 4.79 Å². The van der Waals surface area contributed by atoms with Gasteiger partial charge in [-0.1, -0.05) is 0 Å². The molecule has 0 spiro atoms. The second kappa shape index (κ2) is 3.83. The molecule has 0 saturated carbocycles. The quantitative estimate of drug-likeness (QED) is 0.195. The second-order valence-corrected chi connectivity index (χ2v) is 3.66. The molecule has 1 aliphatic heterocycles. The molecule has 1 aliphatic rings. The minimum absolute atomic E-state index is 0.0137. The minimum atomic E-state index is -0.612. The Kier molecular flexibility index (Phi) is 2.95. The molecule has 0 aromatic carbocycles. The highest BCUT2D eigenvalue weighted by Gasteiger charge is 2.39. The van der Waals surface area contributed by atoms with Gasteiger partial charge < -0.3 is 10.2 Å². The second-order valence-electron chi connectivity index (χ2n) is 3.66. The van der Waals surface area contributed by atoms with E-state index in [1.807, 2.05) is 18.7 Å². The van der Waals surface area contributed by atoms with Crippen LogP contribution in [-0.4, -0.2) is 42.4 Å². The number of rotatable bonds is 0. The summed E-state index contributed by atoms with van der Waals surface area (Å²) >= 11 is 0. The van der Waals surface area contributed by atoms with Crippen molar-refractivity contribution in [2.75, 3.05) is 20.1 Å². The fraction of sp³-hybridized carbons (Fsp3) is 0.750. The van der Waals surface area contributed by atoms with Crippen LogP contribution in [-0.2, 0) is 4.79 Å². The molecular weight excluding hydrogens is 182 g/mol. The largest absolute Gasteiger partial charge is 0.352 e. The number of hydrogen-bond acceptors (Lipinski definition) is 3. The third-order valence-corrected chi connectivity index (χ3v) is 2.45. The van der Waals surface area contributed by atoms with E-state index in [9.17, 15) is 4.79 Å². The summed E-state index contributed by atoms with van der Waals surface area (Å²) in [6.07, 6.45) is 0. The molecule has 6 nitrogen and oxygen atoms in total. The van der Waals surface area contributed by atoms with Gasteiger partial charge in [0.25, 0.3) is 0 Å². The van der Waals surface area contributed by atoms with E-state index < -0.39 is 5.54 Å². The molecule has 4 N–H and O–H groups in total. The van der Waals surface area contributed by atoms with Crippen LogP contribution in [0.2, 0.25) is 0 Å². The van der Waals surface area contributed by atoms with Gasteiger partial charge in [0, 0.05) is 20.1 Å². The van der Waals surface area contributed by atoms with Crippen LogP contribution in [0, 0.1) is 0 Å². The zero-order valence-corrected chi connectivity index (χ0v) is 8.79. The van der Waals surface area contributed by atoms with Crippen LogP contribution in [0.1, 0.15) is 13.8 Å². The van der Waals surface area contributed by atoms with E-state index in [1.54, 1.807) is 7.05 Å². The van der Waals surface area contributed by atoms with Gasteiger partial charge in [-0.3, -0.25) is 15.2 Å². The Bertz CT molecular complexity index is 260. The smallest absolute Gasteiger partial charge is 0.245 e. The predicted molar refractivity (Wildman–Crippen MR) is 54.5 cm³/mol. The maximum Gasteiger partial charge on any atom is 0.245 e. The van der Waals surface area contributed by atoms with E-state index >= 15 is 0 Å². The van der Waals surface area contributed by atoms with E-state index in [4.69, 9.17) is 5.84 Å². The maximum absolute atomic E-state index is 11.6. The molecule has 6 heteroatoms. The first kappa shape index (κ1) is 10.8. The van der Waals surface area contributed by atoms with Crippen LogP contribution in [0.15, 0.2) is 4.99 Å². The van der Waals surface area contributed by atoms with Crippen LogP contribution in [0.25, 0.3) is 0 Å². The summed E-state index contributed by atoms with van der Waals surface area (Å²) in [5.74, 6) is 5.85. The molecule has 0 aliphatic carbocycles. The van der Waals surface area contributed by atoms with Crippen LogP contribution in [0.5, 0.6) is 0 Å². The van der Waals surface area contributed by atoms with Crippen LogP contribution in [0.4, 0.5) is 0 Å². The molecule has 0 bridgehead atoms. The Balaban J connectivity index is 2.91. The topological polar surface area (TPSA) is 82.8 Å². The van der Waals surface area contributed by atoms with Crippen LogP contribution >= 0.6 is 0 Å². The average molecular weight is 199 g/mol. The summed E-state index contributed by atoms with van der Waals surface area (Å²) in [5.41, 5.74) is 1.88.